The van der Waals surface area contributed by atoms with E-state index in [2.05, 4.69) is 159 Å². The van der Waals surface area contributed by atoms with Gasteiger partial charge >= 0.3 is 0 Å². The maximum Gasteiger partial charge on any atom is 0.163 e. The lowest BCUT2D eigenvalue weighted by Gasteiger charge is -2.27. The highest BCUT2D eigenvalue weighted by molar-refractivity contribution is 5.85. The number of pyridine rings is 1. The van der Waals surface area contributed by atoms with Crippen LogP contribution in [-0.2, 0) is 4.74 Å². The zero-order valence-corrected chi connectivity index (χ0v) is 47.3. The quantitative estimate of drug-likeness (QED) is 0.0766. The molecule has 0 fully saturated rings. The number of nitrogens with two attached hydrogens (primary N) is 1. The number of hydrogen-bond acceptors (Lipinski definition) is 7. The Morgan fingerprint density at radius 2 is 1.71 bits per heavy atom. The van der Waals surface area contributed by atoms with Crippen LogP contribution < -0.4 is 5.73 Å². The van der Waals surface area contributed by atoms with Crippen molar-refractivity contribution in [2.75, 3.05) is 20.2 Å². The molecule has 2 aliphatic heterocycles. The van der Waals surface area contributed by atoms with Gasteiger partial charge < -0.3 is 15.4 Å². The van der Waals surface area contributed by atoms with Crippen LogP contribution in [0, 0.1) is 5.92 Å². The Balaban J connectivity index is 0.00000157. The molecule has 0 spiro atoms. The molecule has 1 atom stereocenters. The Morgan fingerprint density at radius 1 is 0.925 bits per heavy atom. The molecule has 402 valence electrons. The minimum Gasteiger partial charge on any atom is -0.482 e. The SMILES string of the molecule is C=C/C=C\C=NC.C=C/C=C\C=NCC1=C(\C)C(=C)C2=C=C(/C=C\C(N(C(=C)/C=C\C(=C/CC)c3ccccc3-c3ccccn3)C(/C=C\C(C)C3=CC=C=CC=C3CC=C(C)/C=C\N)=C/C)=C=C2)OC/C=C\1C1=C=CC=CC=N1. The first-order valence-electron chi connectivity index (χ1n) is 26.7. The third kappa shape index (κ3) is 18.7. The monoisotopic (exact) mass is 1050 g/mol. The summed E-state index contributed by atoms with van der Waals surface area (Å²) in [4.78, 5) is 20.1. The summed E-state index contributed by atoms with van der Waals surface area (Å²) in [5.41, 5.74) is 34.2. The molecule has 2 aromatic rings. The Hall–Kier alpha value is -9.82. The molecule has 0 saturated carbocycles. The molecular weight excluding hydrogens is 977 g/mol. The van der Waals surface area contributed by atoms with Crippen LogP contribution in [0.5, 0.6) is 0 Å². The number of aliphatic imine (C=N–C) groups is 3. The molecule has 2 bridgehead atoms. The van der Waals surface area contributed by atoms with Crippen molar-refractivity contribution in [1.29, 1.82) is 0 Å². The van der Waals surface area contributed by atoms with E-state index in [4.69, 9.17) is 32.0 Å². The van der Waals surface area contributed by atoms with Crippen LogP contribution in [0.2, 0.25) is 0 Å². The number of benzene rings is 1. The molecule has 7 heteroatoms. The first-order valence-corrected chi connectivity index (χ1v) is 26.7. The van der Waals surface area contributed by atoms with Crippen molar-refractivity contribution >= 4 is 24.2 Å². The summed E-state index contributed by atoms with van der Waals surface area (Å²) in [6.45, 7) is 27.8. The van der Waals surface area contributed by atoms with Gasteiger partial charge in [-0.1, -0.05) is 166 Å². The minimum atomic E-state index is 0.0385. The van der Waals surface area contributed by atoms with E-state index in [-0.39, 0.29) is 12.5 Å². The molecule has 3 heterocycles. The summed E-state index contributed by atoms with van der Waals surface area (Å²) < 4.78 is 6.54. The predicted molar refractivity (Wildman–Crippen MR) is 343 cm³/mol. The Bertz CT molecular complexity index is 3460. The van der Waals surface area contributed by atoms with E-state index >= 15 is 0 Å². The summed E-state index contributed by atoms with van der Waals surface area (Å²) >= 11 is 0. The lowest BCUT2D eigenvalue weighted by Crippen LogP contribution is -2.19. The molecule has 1 unspecified atom stereocenters. The number of aromatic nitrogens is 1. The first-order chi connectivity index (χ1) is 39.1. The fraction of sp³-hybridized carbons (Fsp3) is 0.151. The summed E-state index contributed by atoms with van der Waals surface area (Å²) in [6.07, 6.45) is 59.8. The molecule has 6 rings (SSSR count). The molecular formula is C73H74N6O. The van der Waals surface area contributed by atoms with E-state index in [0.717, 1.165) is 74.5 Å². The standard InChI is InChI=1S/C67H65N5O.C6H9N/c1-9-12-21-44-69-49-65-54(8)53(7)57-36-38-59(39-40-60(48-57)73-47-42-64(65)67-29-17-14-22-45-70-67)72(52(6)33-35-55(24-10-2)62-27-18-19-28-63(62)66-30-20-23-46-71-66)58(11-3)37-32-51(5)61-26-16-13-15-25-56(61)34-31-50(4)41-43-68;1-3-4-5-6-7-2/h9,11-12,14-28,30-33,35-37,39-46,51H,1,6-7,10,34,47,49,68H2,2-5,8H3;3-6H,1H2,2H3/b21-12-,35-33-,37-32-,40-39-,43-41-,50-31?,55-24+,58-11+,64-42+,65-54-,69-44?;5-4-,7-6?. The average Bonchev–Trinajstić information content (AvgIpc) is 3.92. The molecule has 2 N–H and O–H groups in total. The Morgan fingerprint density at radius 3 is 2.46 bits per heavy atom. The van der Waals surface area contributed by atoms with Gasteiger partial charge in [0.1, 0.15) is 12.3 Å². The van der Waals surface area contributed by atoms with Crippen molar-refractivity contribution in [3.8, 4) is 11.3 Å². The minimum absolute atomic E-state index is 0.0385. The molecule has 2 aliphatic carbocycles. The number of rotatable bonds is 21. The second-order valence-corrected chi connectivity index (χ2v) is 18.1. The number of nitrogens with zero attached hydrogens (tertiary/aromatic N) is 5. The van der Waals surface area contributed by atoms with Crippen molar-refractivity contribution in [2.45, 2.75) is 47.5 Å². The van der Waals surface area contributed by atoms with Crippen LogP contribution >= 0.6 is 0 Å². The fourth-order valence-electron chi connectivity index (χ4n) is 8.40. The maximum absolute atomic E-state index is 6.54. The van der Waals surface area contributed by atoms with Crippen molar-refractivity contribution in [3.63, 3.8) is 0 Å². The summed E-state index contributed by atoms with van der Waals surface area (Å²) in [6, 6.07) is 14.4. The maximum atomic E-state index is 6.54. The van der Waals surface area contributed by atoms with Crippen LogP contribution in [0.4, 0.5) is 0 Å². The largest absolute Gasteiger partial charge is 0.482 e. The van der Waals surface area contributed by atoms with Crippen LogP contribution in [0.25, 0.3) is 16.8 Å². The van der Waals surface area contributed by atoms with Crippen LogP contribution in [0.3, 0.4) is 0 Å². The topological polar surface area (TPSA) is 88.5 Å². The van der Waals surface area contributed by atoms with Gasteiger partial charge in [-0.3, -0.25) is 15.0 Å². The Labute approximate surface area is 476 Å². The van der Waals surface area contributed by atoms with E-state index in [9.17, 15) is 0 Å². The molecule has 4 aliphatic rings. The molecule has 1 aromatic heterocycles. The number of allylic oxidation sites excluding steroid dienone is 28. The molecule has 7 nitrogen and oxygen atoms in total. The van der Waals surface area contributed by atoms with Crippen LogP contribution in [0.1, 0.15) is 53.0 Å². The van der Waals surface area contributed by atoms with Gasteiger partial charge in [0.05, 0.1) is 17.9 Å². The zero-order valence-electron chi connectivity index (χ0n) is 47.3. The Kier molecular flexibility index (Phi) is 26.0. The lowest BCUT2D eigenvalue weighted by atomic mass is 9.90. The van der Waals surface area contributed by atoms with Gasteiger partial charge in [-0.15, -0.1) is 5.73 Å². The smallest absolute Gasteiger partial charge is 0.163 e. The number of ether oxygens (including phenoxy) is 1. The highest BCUT2D eigenvalue weighted by Gasteiger charge is 2.20. The second-order valence-electron chi connectivity index (χ2n) is 18.1. The molecule has 1 aromatic carbocycles. The average molecular weight is 1050 g/mol. The second kappa shape index (κ2) is 34.1. The van der Waals surface area contributed by atoms with E-state index in [1.165, 1.54) is 11.1 Å². The predicted octanol–water partition coefficient (Wildman–Crippen LogP) is 17.2. The molecule has 0 saturated heterocycles. The lowest BCUT2D eigenvalue weighted by molar-refractivity contribution is 0.261. The molecule has 0 radical (unpaired) electrons. The molecule has 0 amide bonds. The highest BCUT2D eigenvalue weighted by Crippen LogP contribution is 2.34. The van der Waals surface area contributed by atoms with E-state index in [0.29, 0.717) is 29.3 Å². The highest BCUT2D eigenvalue weighted by atomic mass is 16.5. The van der Waals surface area contributed by atoms with Crippen molar-refractivity contribution in [1.82, 2.24) is 9.88 Å². The van der Waals surface area contributed by atoms with Gasteiger partial charge in [0.2, 0.25) is 0 Å². The van der Waals surface area contributed by atoms with Gasteiger partial charge in [-0.05, 0) is 176 Å². The number of hydrogen-bond donors (Lipinski definition) is 1. The van der Waals surface area contributed by atoms with Crippen LogP contribution in [0.15, 0.2) is 344 Å². The van der Waals surface area contributed by atoms with E-state index in [1.54, 1.807) is 44.0 Å². The van der Waals surface area contributed by atoms with Gasteiger partial charge in [0.15, 0.2) is 5.76 Å². The zero-order chi connectivity index (χ0) is 57.3. The van der Waals surface area contributed by atoms with Gasteiger partial charge in [0, 0.05) is 60.0 Å². The van der Waals surface area contributed by atoms with Crippen LogP contribution in [-0.4, -0.2) is 48.7 Å². The van der Waals surface area contributed by atoms with E-state index < -0.39 is 0 Å². The third-order valence-corrected chi connectivity index (χ3v) is 12.5. The van der Waals surface area contributed by atoms with Crippen molar-refractivity contribution < 1.29 is 4.74 Å². The van der Waals surface area contributed by atoms with E-state index in [1.807, 2.05) is 116 Å². The summed E-state index contributed by atoms with van der Waals surface area (Å²) in [5, 5.41) is 0. The van der Waals surface area contributed by atoms with Crippen molar-refractivity contribution in [3.05, 3.63) is 335 Å². The normalized spacial score (nSPS) is 18.4. The first kappa shape index (κ1) is 61.0. The van der Waals surface area contributed by atoms with Crippen molar-refractivity contribution in [2.24, 2.45) is 26.6 Å². The fourth-order valence-corrected chi connectivity index (χ4v) is 8.40. The third-order valence-electron chi connectivity index (χ3n) is 12.5. The molecule has 80 heavy (non-hydrogen) atoms. The van der Waals surface area contributed by atoms with Gasteiger partial charge in [0.25, 0.3) is 0 Å². The summed E-state index contributed by atoms with van der Waals surface area (Å²) in [5.74, 6) is 0.567. The summed E-state index contributed by atoms with van der Waals surface area (Å²) in [7, 11) is 1.73. The van der Waals surface area contributed by atoms with Gasteiger partial charge in [-0.2, -0.15) is 0 Å². The van der Waals surface area contributed by atoms with Gasteiger partial charge in [-0.25, -0.2) is 4.99 Å².